The van der Waals surface area contributed by atoms with Gasteiger partial charge in [-0.25, -0.2) is 4.39 Å². The largest absolute Gasteiger partial charge is 0.496 e. The van der Waals surface area contributed by atoms with Crippen molar-refractivity contribution in [1.29, 1.82) is 0 Å². The molecule has 1 atom stereocenters. The summed E-state index contributed by atoms with van der Waals surface area (Å²) in [6, 6.07) is 10.8. The number of carbonyl (C=O) groups excluding carboxylic acids is 1. The Morgan fingerprint density at radius 1 is 1.24 bits per heavy atom. The number of benzene rings is 2. The molecule has 21 heavy (non-hydrogen) atoms. The normalized spacial score (nSPS) is 11.8. The Labute approximate surface area is 122 Å². The van der Waals surface area contributed by atoms with Crippen LogP contribution < -0.4 is 15.8 Å². The standard InChI is InChI=1S/C16H17FN2O2/c1-10(11-6-3-4-7-12(11)17)19-16(20)15-13(18)8-5-9-14(15)21-2/h3-10H,18H2,1-2H3,(H,19,20). The second-order valence-electron chi connectivity index (χ2n) is 4.64. The molecule has 0 bridgehead atoms. The Bertz CT molecular complexity index is 658. The summed E-state index contributed by atoms with van der Waals surface area (Å²) in [4.78, 5) is 12.3. The average molecular weight is 288 g/mol. The summed E-state index contributed by atoms with van der Waals surface area (Å²) in [6.45, 7) is 1.71. The van der Waals surface area contributed by atoms with Crippen LogP contribution in [0.2, 0.25) is 0 Å². The third-order valence-electron chi connectivity index (χ3n) is 3.22. The van der Waals surface area contributed by atoms with Gasteiger partial charge < -0.3 is 15.8 Å². The van der Waals surface area contributed by atoms with E-state index in [0.717, 1.165) is 0 Å². The summed E-state index contributed by atoms with van der Waals surface area (Å²) in [6.07, 6.45) is 0. The number of methoxy groups -OCH3 is 1. The van der Waals surface area contributed by atoms with Crippen molar-refractivity contribution in [2.75, 3.05) is 12.8 Å². The van der Waals surface area contributed by atoms with Gasteiger partial charge in [0, 0.05) is 11.3 Å². The first-order chi connectivity index (χ1) is 10.0. The predicted octanol–water partition coefficient (Wildman–Crippen LogP) is 2.91. The highest BCUT2D eigenvalue weighted by molar-refractivity contribution is 6.02. The van der Waals surface area contributed by atoms with Crippen LogP contribution in [0.5, 0.6) is 5.75 Å². The fourth-order valence-electron chi connectivity index (χ4n) is 2.13. The van der Waals surface area contributed by atoms with Crippen LogP contribution in [0.15, 0.2) is 42.5 Å². The fraction of sp³-hybridized carbons (Fsp3) is 0.188. The molecule has 0 saturated heterocycles. The molecule has 0 aliphatic heterocycles. The van der Waals surface area contributed by atoms with Gasteiger partial charge in [-0.3, -0.25) is 4.79 Å². The maximum Gasteiger partial charge on any atom is 0.257 e. The van der Waals surface area contributed by atoms with Crippen LogP contribution in [0.3, 0.4) is 0 Å². The number of rotatable bonds is 4. The first kappa shape index (κ1) is 14.8. The Hall–Kier alpha value is -2.56. The molecule has 110 valence electrons. The first-order valence-electron chi connectivity index (χ1n) is 6.52. The van der Waals surface area contributed by atoms with Crippen molar-refractivity contribution < 1.29 is 13.9 Å². The van der Waals surface area contributed by atoms with Crippen LogP contribution in [0.25, 0.3) is 0 Å². The summed E-state index contributed by atoms with van der Waals surface area (Å²) >= 11 is 0. The summed E-state index contributed by atoms with van der Waals surface area (Å²) in [5.41, 5.74) is 6.81. The Morgan fingerprint density at radius 2 is 1.95 bits per heavy atom. The zero-order valence-corrected chi connectivity index (χ0v) is 11.9. The van der Waals surface area contributed by atoms with E-state index < -0.39 is 11.9 Å². The third kappa shape index (κ3) is 3.13. The number of anilines is 1. The minimum Gasteiger partial charge on any atom is -0.496 e. The molecule has 0 heterocycles. The van der Waals surface area contributed by atoms with E-state index in [9.17, 15) is 9.18 Å². The van der Waals surface area contributed by atoms with Crippen molar-refractivity contribution in [1.82, 2.24) is 5.32 Å². The van der Waals surface area contributed by atoms with Crippen LogP contribution >= 0.6 is 0 Å². The average Bonchev–Trinajstić information content (AvgIpc) is 2.46. The number of nitrogen functional groups attached to an aromatic ring is 1. The lowest BCUT2D eigenvalue weighted by molar-refractivity contribution is 0.0937. The summed E-state index contributed by atoms with van der Waals surface area (Å²) in [5.74, 6) is -0.382. The highest BCUT2D eigenvalue weighted by Gasteiger charge is 2.19. The number of ether oxygens (including phenoxy) is 1. The molecule has 2 rings (SSSR count). The van der Waals surface area contributed by atoms with Gasteiger partial charge in [0.1, 0.15) is 17.1 Å². The maximum absolute atomic E-state index is 13.7. The van der Waals surface area contributed by atoms with Crippen molar-refractivity contribution in [3.63, 3.8) is 0 Å². The van der Waals surface area contributed by atoms with Crippen molar-refractivity contribution in [2.45, 2.75) is 13.0 Å². The maximum atomic E-state index is 13.7. The Balaban J connectivity index is 2.25. The molecule has 2 aromatic rings. The summed E-state index contributed by atoms with van der Waals surface area (Å²) < 4.78 is 18.9. The minimum absolute atomic E-state index is 0.253. The Morgan fingerprint density at radius 3 is 2.62 bits per heavy atom. The molecule has 3 N–H and O–H groups in total. The number of nitrogens with two attached hydrogens (primary N) is 1. The van der Waals surface area contributed by atoms with Gasteiger partial charge in [-0.05, 0) is 25.1 Å². The molecular formula is C16H17FN2O2. The van der Waals surface area contributed by atoms with Crippen molar-refractivity contribution in [3.8, 4) is 5.75 Å². The molecule has 0 radical (unpaired) electrons. The number of amides is 1. The first-order valence-corrected chi connectivity index (χ1v) is 6.52. The van der Waals surface area contributed by atoms with Crippen molar-refractivity contribution in [2.24, 2.45) is 0 Å². The summed E-state index contributed by atoms with van der Waals surface area (Å²) in [7, 11) is 1.46. The van der Waals surface area contributed by atoms with Gasteiger partial charge in [0.25, 0.3) is 5.91 Å². The van der Waals surface area contributed by atoms with Gasteiger partial charge in [0.05, 0.1) is 13.2 Å². The van der Waals surface area contributed by atoms with E-state index in [1.54, 1.807) is 43.3 Å². The zero-order valence-electron chi connectivity index (χ0n) is 11.9. The van der Waals surface area contributed by atoms with Crippen LogP contribution in [-0.2, 0) is 0 Å². The molecule has 0 aliphatic rings. The quantitative estimate of drug-likeness (QED) is 0.850. The summed E-state index contributed by atoms with van der Waals surface area (Å²) in [5, 5.41) is 2.73. The SMILES string of the molecule is COc1cccc(N)c1C(=O)NC(C)c1ccccc1F. The number of hydrogen-bond donors (Lipinski definition) is 2. The number of nitrogens with one attached hydrogen (secondary N) is 1. The molecular weight excluding hydrogens is 271 g/mol. The second-order valence-corrected chi connectivity index (χ2v) is 4.64. The second kappa shape index (κ2) is 6.26. The highest BCUT2D eigenvalue weighted by atomic mass is 19.1. The number of halogens is 1. The molecule has 0 saturated carbocycles. The molecule has 0 spiro atoms. The smallest absolute Gasteiger partial charge is 0.257 e. The van der Waals surface area contributed by atoms with E-state index in [2.05, 4.69) is 5.32 Å². The van der Waals surface area contributed by atoms with E-state index >= 15 is 0 Å². The molecule has 0 aliphatic carbocycles. The van der Waals surface area contributed by atoms with E-state index in [1.807, 2.05) is 0 Å². The van der Waals surface area contributed by atoms with Crippen LogP contribution in [0.4, 0.5) is 10.1 Å². The molecule has 5 heteroatoms. The molecule has 1 amide bonds. The van der Waals surface area contributed by atoms with E-state index in [0.29, 0.717) is 17.0 Å². The predicted molar refractivity (Wildman–Crippen MR) is 79.7 cm³/mol. The third-order valence-corrected chi connectivity index (χ3v) is 3.22. The molecule has 1 unspecified atom stereocenters. The lowest BCUT2D eigenvalue weighted by Gasteiger charge is -2.17. The minimum atomic E-state index is -0.483. The van der Waals surface area contributed by atoms with Gasteiger partial charge in [-0.15, -0.1) is 0 Å². The lowest BCUT2D eigenvalue weighted by Crippen LogP contribution is -2.28. The molecule has 0 aromatic heterocycles. The van der Waals surface area contributed by atoms with Gasteiger partial charge >= 0.3 is 0 Å². The molecule has 4 nitrogen and oxygen atoms in total. The van der Waals surface area contributed by atoms with Gasteiger partial charge in [-0.2, -0.15) is 0 Å². The van der Waals surface area contributed by atoms with Crippen molar-refractivity contribution >= 4 is 11.6 Å². The highest BCUT2D eigenvalue weighted by Crippen LogP contribution is 2.25. The van der Waals surface area contributed by atoms with Crippen LogP contribution in [0.1, 0.15) is 28.9 Å². The van der Waals surface area contributed by atoms with Crippen LogP contribution in [0, 0.1) is 5.82 Å². The van der Waals surface area contributed by atoms with Gasteiger partial charge in [-0.1, -0.05) is 24.3 Å². The zero-order chi connectivity index (χ0) is 15.4. The fourth-order valence-corrected chi connectivity index (χ4v) is 2.13. The number of carbonyl (C=O) groups is 1. The van der Waals surface area contributed by atoms with E-state index in [1.165, 1.54) is 13.2 Å². The number of hydrogen-bond acceptors (Lipinski definition) is 3. The van der Waals surface area contributed by atoms with E-state index in [-0.39, 0.29) is 11.4 Å². The molecule has 0 fully saturated rings. The topological polar surface area (TPSA) is 64.3 Å². The van der Waals surface area contributed by atoms with Gasteiger partial charge in [0.15, 0.2) is 0 Å². The Kier molecular flexibility index (Phi) is 4.42. The molecule has 2 aromatic carbocycles. The lowest BCUT2D eigenvalue weighted by atomic mass is 10.1. The monoisotopic (exact) mass is 288 g/mol. The van der Waals surface area contributed by atoms with Crippen LogP contribution in [-0.4, -0.2) is 13.0 Å². The van der Waals surface area contributed by atoms with E-state index in [4.69, 9.17) is 10.5 Å². The van der Waals surface area contributed by atoms with Crippen molar-refractivity contribution in [3.05, 3.63) is 59.4 Å². The van der Waals surface area contributed by atoms with Gasteiger partial charge in [0.2, 0.25) is 0 Å².